The predicted octanol–water partition coefficient (Wildman–Crippen LogP) is 2.94. The minimum atomic E-state index is -0.147. The third-order valence-corrected chi connectivity index (χ3v) is 5.66. The molecule has 1 unspecified atom stereocenters. The maximum Gasteiger partial charge on any atom is 0.265 e. The molecule has 7 nitrogen and oxygen atoms in total. The lowest BCUT2D eigenvalue weighted by molar-refractivity contribution is 0.0621. The Morgan fingerprint density at radius 3 is 2.69 bits per heavy atom. The van der Waals surface area contributed by atoms with Crippen LogP contribution in [0.5, 0.6) is 0 Å². The van der Waals surface area contributed by atoms with E-state index >= 15 is 0 Å². The summed E-state index contributed by atoms with van der Waals surface area (Å²) in [5.41, 5.74) is 1.26. The highest BCUT2D eigenvalue weighted by Crippen LogP contribution is 2.23. The Morgan fingerprint density at radius 2 is 2.03 bits per heavy atom. The second-order valence-electron chi connectivity index (χ2n) is 6.62. The standard InChI is InChI=1S/C20H21N5O2S.ClH/c1-24-10-9-22-18(24)16-13-21-8-11-25(16)20(27)14-4-6-15(7-5-14)23-19(26)17-3-2-12-28-17;/h2-7,9-10,12,16,21H,8,11,13H2,1H3,(H,23,26);1H. The molecule has 9 heteroatoms. The van der Waals surface area contributed by atoms with Crippen molar-refractivity contribution in [3.63, 3.8) is 0 Å². The smallest absolute Gasteiger partial charge is 0.265 e. The SMILES string of the molecule is Cl.Cn1ccnc1C1CNCCN1C(=O)c1ccc(NC(=O)c2cccs2)cc1. The maximum atomic E-state index is 13.1. The minimum Gasteiger partial charge on any atom is -0.336 e. The van der Waals surface area contributed by atoms with Crippen molar-refractivity contribution in [2.75, 3.05) is 25.0 Å². The number of hydrogen-bond acceptors (Lipinski definition) is 5. The molecule has 1 atom stereocenters. The van der Waals surface area contributed by atoms with Crippen molar-refractivity contribution < 1.29 is 9.59 Å². The van der Waals surface area contributed by atoms with Gasteiger partial charge in [-0.3, -0.25) is 9.59 Å². The Morgan fingerprint density at radius 1 is 1.24 bits per heavy atom. The molecule has 1 aliphatic heterocycles. The molecule has 3 heterocycles. The van der Waals surface area contributed by atoms with Gasteiger partial charge < -0.3 is 20.1 Å². The number of carbonyl (C=O) groups is 2. The second kappa shape index (κ2) is 9.21. The fourth-order valence-electron chi connectivity index (χ4n) is 3.34. The van der Waals surface area contributed by atoms with Crippen molar-refractivity contribution in [2.24, 2.45) is 7.05 Å². The lowest BCUT2D eigenvalue weighted by Gasteiger charge is -2.35. The normalized spacial score (nSPS) is 16.2. The minimum absolute atomic E-state index is 0. The van der Waals surface area contributed by atoms with Gasteiger partial charge >= 0.3 is 0 Å². The average Bonchev–Trinajstić information content (AvgIpc) is 3.40. The zero-order chi connectivity index (χ0) is 19.5. The summed E-state index contributed by atoms with van der Waals surface area (Å²) in [6.07, 6.45) is 3.63. The van der Waals surface area contributed by atoms with Crippen molar-refractivity contribution in [2.45, 2.75) is 6.04 Å². The van der Waals surface area contributed by atoms with Crippen LogP contribution in [0.2, 0.25) is 0 Å². The number of rotatable bonds is 4. The van der Waals surface area contributed by atoms with E-state index in [1.807, 2.05) is 34.2 Å². The monoisotopic (exact) mass is 431 g/mol. The van der Waals surface area contributed by atoms with E-state index < -0.39 is 0 Å². The number of aromatic nitrogens is 2. The molecule has 1 aliphatic rings. The number of carbonyl (C=O) groups excluding carboxylic acids is 2. The first-order valence-corrected chi connectivity index (χ1v) is 9.95. The first kappa shape index (κ1) is 21.0. The van der Waals surface area contributed by atoms with Crippen LogP contribution in [0.25, 0.3) is 0 Å². The lowest BCUT2D eigenvalue weighted by atomic mass is 10.1. The molecular formula is C20H22ClN5O2S. The largest absolute Gasteiger partial charge is 0.336 e. The molecule has 2 N–H and O–H groups in total. The van der Waals surface area contributed by atoms with E-state index in [4.69, 9.17) is 0 Å². The van der Waals surface area contributed by atoms with E-state index in [0.29, 0.717) is 29.2 Å². The molecule has 0 aliphatic carbocycles. The van der Waals surface area contributed by atoms with Crippen molar-refractivity contribution in [3.8, 4) is 0 Å². The van der Waals surface area contributed by atoms with Crippen molar-refractivity contribution in [1.82, 2.24) is 19.8 Å². The van der Waals surface area contributed by atoms with E-state index in [2.05, 4.69) is 15.6 Å². The summed E-state index contributed by atoms with van der Waals surface area (Å²) < 4.78 is 1.95. The number of amides is 2. The number of imidazole rings is 1. The fourth-order valence-corrected chi connectivity index (χ4v) is 3.96. The van der Waals surface area contributed by atoms with Gasteiger partial charge in [-0.25, -0.2) is 4.98 Å². The number of piperazine rings is 1. The number of anilines is 1. The average molecular weight is 432 g/mol. The van der Waals surface area contributed by atoms with E-state index in [0.717, 1.165) is 12.4 Å². The van der Waals surface area contributed by atoms with Crippen LogP contribution in [0.1, 0.15) is 31.9 Å². The number of halogens is 1. The number of hydrogen-bond donors (Lipinski definition) is 2. The van der Waals surface area contributed by atoms with Gasteiger partial charge in [0.25, 0.3) is 11.8 Å². The quantitative estimate of drug-likeness (QED) is 0.665. The predicted molar refractivity (Wildman–Crippen MR) is 116 cm³/mol. The summed E-state index contributed by atoms with van der Waals surface area (Å²) in [5.74, 6) is 0.678. The summed E-state index contributed by atoms with van der Waals surface area (Å²) in [6.45, 7) is 2.04. The van der Waals surface area contributed by atoms with Crippen LogP contribution < -0.4 is 10.6 Å². The molecule has 29 heavy (non-hydrogen) atoms. The van der Waals surface area contributed by atoms with Gasteiger partial charge in [0.2, 0.25) is 0 Å². The molecule has 0 saturated carbocycles. The Labute approximate surface area is 179 Å². The molecule has 0 radical (unpaired) electrons. The molecular weight excluding hydrogens is 410 g/mol. The van der Waals surface area contributed by atoms with Crippen molar-refractivity contribution in [3.05, 3.63) is 70.4 Å². The van der Waals surface area contributed by atoms with Gasteiger partial charge in [0.15, 0.2) is 0 Å². The second-order valence-corrected chi connectivity index (χ2v) is 7.57. The lowest BCUT2D eigenvalue weighted by Crippen LogP contribution is -2.49. The summed E-state index contributed by atoms with van der Waals surface area (Å²) >= 11 is 1.39. The number of benzene rings is 1. The number of nitrogens with one attached hydrogen (secondary N) is 2. The first-order valence-electron chi connectivity index (χ1n) is 9.07. The Balaban J connectivity index is 0.00000240. The zero-order valence-electron chi connectivity index (χ0n) is 15.9. The van der Waals surface area contributed by atoms with Crippen LogP contribution in [0.4, 0.5) is 5.69 Å². The molecule has 3 aromatic rings. The third-order valence-electron chi connectivity index (χ3n) is 4.80. The van der Waals surface area contributed by atoms with Crippen molar-refractivity contribution in [1.29, 1.82) is 0 Å². The molecule has 4 rings (SSSR count). The fraction of sp³-hybridized carbons (Fsp3) is 0.250. The summed E-state index contributed by atoms with van der Waals surface area (Å²) in [7, 11) is 1.94. The molecule has 1 aromatic carbocycles. The topological polar surface area (TPSA) is 79.3 Å². The van der Waals surface area contributed by atoms with Gasteiger partial charge in [-0.1, -0.05) is 6.07 Å². The van der Waals surface area contributed by atoms with Gasteiger partial charge in [-0.05, 0) is 35.7 Å². The van der Waals surface area contributed by atoms with Gasteiger partial charge in [0, 0.05) is 50.3 Å². The first-order chi connectivity index (χ1) is 13.6. The molecule has 1 saturated heterocycles. The molecule has 0 spiro atoms. The molecule has 2 aromatic heterocycles. The van der Waals surface area contributed by atoms with Gasteiger partial charge in [-0.2, -0.15) is 0 Å². The Bertz CT molecular complexity index is 971. The van der Waals surface area contributed by atoms with Gasteiger partial charge in [0.05, 0.1) is 4.88 Å². The van der Waals surface area contributed by atoms with Gasteiger partial charge in [0.1, 0.15) is 11.9 Å². The zero-order valence-corrected chi connectivity index (χ0v) is 17.5. The Hall–Kier alpha value is -2.68. The van der Waals surface area contributed by atoms with Crippen LogP contribution in [0, 0.1) is 0 Å². The van der Waals surface area contributed by atoms with E-state index in [1.165, 1.54) is 11.3 Å². The molecule has 1 fully saturated rings. The summed E-state index contributed by atoms with van der Waals surface area (Å²) in [4.78, 5) is 32.2. The number of aryl methyl sites for hydroxylation is 1. The highest BCUT2D eigenvalue weighted by atomic mass is 35.5. The third kappa shape index (κ3) is 4.50. The maximum absolute atomic E-state index is 13.1. The van der Waals surface area contributed by atoms with E-state index in [1.54, 1.807) is 36.5 Å². The van der Waals surface area contributed by atoms with Crippen molar-refractivity contribution >= 4 is 41.2 Å². The summed E-state index contributed by atoms with van der Waals surface area (Å²) in [6, 6.07) is 10.5. The number of nitrogens with zero attached hydrogens (tertiary/aromatic N) is 3. The van der Waals surface area contributed by atoms with E-state index in [9.17, 15) is 9.59 Å². The summed E-state index contributed by atoms with van der Waals surface area (Å²) in [5, 5.41) is 8.05. The van der Waals surface area contributed by atoms with Crippen LogP contribution in [0.3, 0.4) is 0 Å². The Kier molecular flexibility index (Phi) is 6.68. The highest BCUT2D eigenvalue weighted by Gasteiger charge is 2.31. The molecule has 0 bridgehead atoms. The molecule has 152 valence electrons. The highest BCUT2D eigenvalue weighted by molar-refractivity contribution is 7.12. The van der Waals surface area contributed by atoms with Gasteiger partial charge in [-0.15, -0.1) is 23.7 Å². The number of thiophene rings is 1. The molecule has 2 amide bonds. The van der Waals surface area contributed by atoms with E-state index in [-0.39, 0.29) is 30.3 Å². The van der Waals surface area contributed by atoms with Crippen LogP contribution in [0.15, 0.2) is 54.2 Å². The van der Waals surface area contributed by atoms with Crippen LogP contribution in [-0.4, -0.2) is 45.9 Å². The van der Waals surface area contributed by atoms with Crippen LogP contribution >= 0.6 is 23.7 Å². The van der Waals surface area contributed by atoms with Crippen LogP contribution in [-0.2, 0) is 7.05 Å².